The zero-order valence-corrected chi connectivity index (χ0v) is 15.7. The van der Waals surface area contributed by atoms with Crippen molar-refractivity contribution in [3.63, 3.8) is 0 Å². The highest BCUT2D eigenvalue weighted by molar-refractivity contribution is 5.76. The highest BCUT2D eigenvalue weighted by Gasteiger charge is 2.45. The second kappa shape index (κ2) is 7.87. The first-order valence-corrected chi connectivity index (χ1v) is 9.51. The number of hydrogen-bond donors (Lipinski definition) is 0. The maximum atomic E-state index is 12.6. The van der Waals surface area contributed by atoms with Crippen LogP contribution in [0, 0.1) is 0 Å². The van der Waals surface area contributed by atoms with Crippen molar-refractivity contribution in [3.05, 3.63) is 18.2 Å². The van der Waals surface area contributed by atoms with Crippen LogP contribution in [0.4, 0.5) is 0 Å². The molecule has 6 nitrogen and oxygen atoms in total. The SMILES string of the molecule is COC1CCCOC12CCN(C(=O)CCn1ccnc1C(C)C)CC2. The quantitative estimate of drug-likeness (QED) is 0.820. The molecular weight excluding hydrogens is 318 g/mol. The minimum atomic E-state index is -0.182. The Balaban J connectivity index is 1.52. The van der Waals surface area contributed by atoms with Gasteiger partial charge in [-0.25, -0.2) is 4.98 Å². The van der Waals surface area contributed by atoms with Crippen LogP contribution >= 0.6 is 0 Å². The summed E-state index contributed by atoms with van der Waals surface area (Å²) in [6, 6.07) is 0. The lowest BCUT2D eigenvalue weighted by atomic mass is 9.82. The summed E-state index contributed by atoms with van der Waals surface area (Å²) in [5.74, 6) is 1.64. The van der Waals surface area contributed by atoms with Crippen LogP contribution in [0.2, 0.25) is 0 Å². The summed E-state index contributed by atoms with van der Waals surface area (Å²) in [5.41, 5.74) is -0.182. The van der Waals surface area contributed by atoms with E-state index in [1.54, 1.807) is 7.11 Å². The molecule has 3 heterocycles. The Morgan fingerprint density at radius 2 is 2.20 bits per heavy atom. The van der Waals surface area contributed by atoms with Crippen LogP contribution in [0.25, 0.3) is 0 Å². The predicted octanol–water partition coefficient (Wildman–Crippen LogP) is 2.58. The van der Waals surface area contributed by atoms with E-state index in [2.05, 4.69) is 23.4 Å². The van der Waals surface area contributed by atoms with Crippen LogP contribution in [0.1, 0.15) is 57.7 Å². The normalized spacial score (nSPS) is 23.4. The molecule has 1 aromatic heterocycles. The molecule has 2 aliphatic heterocycles. The molecule has 0 aliphatic carbocycles. The van der Waals surface area contributed by atoms with Gasteiger partial charge in [-0.1, -0.05) is 13.8 Å². The Kier molecular flexibility index (Phi) is 5.79. The lowest BCUT2D eigenvalue weighted by molar-refractivity contribution is -0.188. The molecule has 0 N–H and O–H groups in total. The Labute approximate surface area is 150 Å². The number of aryl methyl sites for hydroxylation is 1. The number of methoxy groups -OCH3 is 1. The number of likely N-dealkylation sites (tertiary alicyclic amines) is 1. The molecule has 2 saturated heterocycles. The molecule has 1 aromatic rings. The molecule has 0 radical (unpaired) electrons. The lowest BCUT2D eigenvalue weighted by Crippen LogP contribution is -2.56. The van der Waals surface area contributed by atoms with E-state index in [0.717, 1.165) is 51.2 Å². The molecule has 2 aliphatic rings. The standard InChI is InChI=1S/C19H31N3O3/c1-15(2)18-20-9-13-22(18)10-6-17(23)21-11-7-19(8-12-21)16(24-3)5-4-14-25-19/h9,13,15-16H,4-8,10-12,14H2,1-3H3. The fraction of sp³-hybridized carbons (Fsp3) is 0.789. The van der Waals surface area contributed by atoms with Gasteiger partial charge in [0.1, 0.15) is 5.82 Å². The number of aromatic nitrogens is 2. The van der Waals surface area contributed by atoms with Gasteiger partial charge < -0.3 is 18.9 Å². The first-order valence-electron chi connectivity index (χ1n) is 9.51. The highest BCUT2D eigenvalue weighted by Crippen LogP contribution is 2.36. The van der Waals surface area contributed by atoms with Crippen molar-refractivity contribution in [2.45, 2.75) is 70.1 Å². The second-order valence-electron chi connectivity index (χ2n) is 7.54. The molecule has 1 amide bonds. The fourth-order valence-electron chi connectivity index (χ4n) is 4.22. The van der Waals surface area contributed by atoms with E-state index >= 15 is 0 Å². The van der Waals surface area contributed by atoms with Gasteiger partial charge in [0.2, 0.25) is 5.91 Å². The fourth-order valence-corrected chi connectivity index (χ4v) is 4.22. The van der Waals surface area contributed by atoms with Gasteiger partial charge in [0.15, 0.2) is 0 Å². The van der Waals surface area contributed by atoms with Crippen LogP contribution < -0.4 is 0 Å². The van der Waals surface area contributed by atoms with Gasteiger partial charge >= 0.3 is 0 Å². The topological polar surface area (TPSA) is 56.6 Å². The summed E-state index contributed by atoms with van der Waals surface area (Å²) in [6.07, 6.45) is 8.34. The largest absolute Gasteiger partial charge is 0.378 e. The maximum Gasteiger partial charge on any atom is 0.224 e. The molecule has 0 saturated carbocycles. The molecule has 140 valence electrons. The Bertz CT molecular complexity index is 576. The summed E-state index contributed by atoms with van der Waals surface area (Å²) in [7, 11) is 1.77. The Hall–Kier alpha value is -1.40. The predicted molar refractivity (Wildman–Crippen MR) is 95.5 cm³/mol. The van der Waals surface area contributed by atoms with Crippen LogP contribution in [-0.2, 0) is 20.8 Å². The van der Waals surface area contributed by atoms with Crippen molar-refractivity contribution in [1.29, 1.82) is 0 Å². The van der Waals surface area contributed by atoms with Gasteiger partial charge in [0, 0.05) is 58.1 Å². The number of imidazole rings is 1. The molecule has 1 spiro atoms. The van der Waals surface area contributed by atoms with E-state index in [1.807, 2.05) is 17.3 Å². The summed E-state index contributed by atoms with van der Waals surface area (Å²) in [6.45, 7) is 7.29. The van der Waals surface area contributed by atoms with Gasteiger partial charge in [-0.3, -0.25) is 4.79 Å². The molecule has 6 heteroatoms. The molecule has 1 atom stereocenters. The third-order valence-electron chi connectivity index (χ3n) is 5.66. The monoisotopic (exact) mass is 349 g/mol. The number of rotatable bonds is 5. The van der Waals surface area contributed by atoms with E-state index in [1.165, 1.54) is 0 Å². The van der Waals surface area contributed by atoms with E-state index in [4.69, 9.17) is 9.47 Å². The van der Waals surface area contributed by atoms with Gasteiger partial charge in [-0.2, -0.15) is 0 Å². The first-order chi connectivity index (χ1) is 12.1. The molecule has 25 heavy (non-hydrogen) atoms. The van der Waals surface area contributed by atoms with Crippen LogP contribution in [0.15, 0.2) is 12.4 Å². The Morgan fingerprint density at radius 1 is 1.44 bits per heavy atom. The van der Waals surface area contributed by atoms with Gasteiger partial charge in [-0.05, 0) is 25.7 Å². The van der Waals surface area contributed by atoms with Gasteiger partial charge in [0.25, 0.3) is 0 Å². The van der Waals surface area contributed by atoms with Crippen molar-refractivity contribution in [2.24, 2.45) is 0 Å². The average molecular weight is 349 g/mol. The number of amides is 1. The third kappa shape index (κ3) is 3.90. The second-order valence-corrected chi connectivity index (χ2v) is 7.54. The summed E-state index contributed by atoms with van der Waals surface area (Å²) in [5, 5.41) is 0. The Morgan fingerprint density at radius 3 is 2.88 bits per heavy atom. The molecular formula is C19H31N3O3. The number of carbonyl (C=O) groups is 1. The molecule has 1 unspecified atom stereocenters. The zero-order valence-electron chi connectivity index (χ0n) is 15.7. The lowest BCUT2D eigenvalue weighted by Gasteiger charge is -2.48. The average Bonchev–Trinajstić information content (AvgIpc) is 3.09. The minimum absolute atomic E-state index is 0.165. The van der Waals surface area contributed by atoms with Gasteiger partial charge in [-0.15, -0.1) is 0 Å². The van der Waals surface area contributed by atoms with Crippen molar-refractivity contribution in [1.82, 2.24) is 14.5 Å². The van der Waals surface area contributed by atoms with E-state index in [-0.39, 0.29) is 17.6 Å². The summed E-state index contributed by atoms with van der Waals surface area (Å²) >= 11 is 0. The highest BCUT2D eigenvalue weighted by atomic mass is 16.5. The van der Waals surface area contributed by atoms with Crippen molar-refractivity contribution in [2.75, 3.05) is 26.8 Å². The molecule has 3 rings (SSSR count). The number of piperidine rings is 1. The van der Waals surface area contributed by atoms with E-state index in [9.17, 15) is 4.79 Å². The van der Waals surface area contributed by atoms with Crippen molar-refractivity contribution >= 4 is 5.91 Å². The van der Waals surface area contributed by atoms with Crippen LogP contribution in [0.3, 0.4) is 0 Å². The summed E-state index contributed by atoms with van der Waals surface area (Å²) in [4.78, 5) is 19.0. The first kappa shape index (κ1) is 18.4. The summed E-state index contributed by atoms with van der Waals surface area (Å²) < 4.78 is 13.9. The van der Waals surface area contributed by atoms with Crippen molar-refractivity contribution < 1.29 is 14.3 Å². The number of ether oxygens (including phenoxy) is 2. The smallest absolute Gasteiger partial charge is 0.224 e. The van der Waals surface area contributed by atoms with E-state index < -0.39 is 0 Å². The third-order valence-corrected chi connectivity index (χ3v) is 5.66. The van der Waals surface area contributed by atoms with Gasteiger partial charge in [0.05, 0.1) is 11.7 Å². The van der Waals surface area contributed by atoms with Crippen molar-refractivity contribution in [3.8, 4) is 0 Å². The minimum Gasteiger partial charge on any atom is -0.378 e. The number of carbonyl (C=O) groups excluding carboxylic acids is 1. The molecule has 2 fully saturated rings. The number of hydrogen-bond acceptors (Lipinski definition) is 4. The molecule has 0 bridgehead atoms. The zero-order chi connectivity index (χ0) is 17.9. The maximum absolute atomic E-state index is 12.6. The van der Waals surface area contributed by atoms with E-state index in [0.29, 0.717) is 18.9 Å². The van der Waals surface area contributed by atoms with Crippen LogP contribution in [0.5, 0.6) is 0 Å². The number of nitrogens with zero attached hydrogens (tertiary/aromatic N) is 3. The molecule has 0 aromatic carbocycles. The van der Waals surface area contributed by atoms with Crippen LogP contribution in [-0.4, -0.2) is 58.9 Å².